The van der Waals surface area contributed by atoms with Gasteiger partial charge in [-0.1, -0.05) is 31.1 Å². The van der Waals surface area contributed by atoms with E-state index in [1.54, 1.807) is 41.8 Å². The van der Waals surface area contributed by atoms with Gasteiger partial charge in [0.2, 0.25) is 0 Å². The summed E-state index contributed by atoms with van der Waals surface area (Å²) in [6.45, 7) is 4.53. The average Bonchev–Trinajstić information content (AvgIpc) is 3.12. The third kappa shape index (κ3) is 6.54. The maximum atomic E-state index is 12.9. The number of ether oxygens (including phenoxy) is 2. The van der Waals surface area contributed by atoms with Crippen LogP contribution in [0, 0.1) is 0 Å². The highest BCUT2D eigenvalue weighted by Gasteiger charge is 2.16. The van der Waals surface area contributed by atoms with Gasteiger partial charge in [0.1, 0.15) is 12.3 Å². The van der Waals surface area contributed by atoms with Gasteiger partial charge in [0, 0.05) is 11.8 Å². The van der Waals surface area contributed by atoms with Crippen molar-refractivity contribution in [3.8, 4) is 5.75 Å². The maximum absolute atomic E-state index is 12.9. The summed E-state index contributed by atoms with van der Waals surface area (Å²) in [5.74, 6) is -0.280. The van der Waals surface area contributed by atoms with Crippen molar-refractivity contribution in [1.29, 1.82) is 0 Å². The van der Waals surface area contributed by atoms with Crippen LogP contribution in [0.25, 0.3) is 10.2 Å². The van der Waals surface area contributed by atoms with E-state index in [-0.39, 0.29) is 22.8 Å². The average molecular weight is 505 g/mol. The van der Waals surface area contributed by atoms with Gasteiger partial charge >= 0.3 is 5.97 Å². The van der Waals surface area contributed by atoms with Crippen LogP contribution in [0.4, 0.5) is 0 Å². The third-order valence-electron chi connectivity index (χ3n) is 4.99. The molecule has 8 nitrogen and oxygen atoms in total. The molecule has 1 amide bonds. The summed E-state index contributed by atoms with van der Waals surface area (Å²) in [7, 11) is -3.41. The molecule has 0 spiro atoms. The van der Waals surface area contributed by atoms with E-state index in [0.29, 0.717) is 28.1 Å². The number of carbonyl (C=O) groups is 2. The van der Waals surface area contributed by atoms with E-state index in [4.69, 9.17) is 9.47 Å². The van der Waals surface area contributed by atoms with Gasteiger partial charge < -0.3 is 14.0 Å². The fourth-order valence-electron chi connectivity index (χ4n) is 3.25. The number of amides is 1. The van der Waals surface area contributed by atoms with E-state index >= 15 is 0 Å². The highest BCUT2D eigenvalue weighted by Crippen LogP contribution is 2.22. The lowest BCUT2D eigenvalue weighted by molar-refractivity contribution is -0.143. The number of hydrogen-bond acceptors (Lipinski definition) is 7. The van der Waals surface area contributed by atoms with Crippen molar-refractivity contribution in [2.45, 2.75) is 44.6 Å². The summed E-state index contributed by atoms with van der Waals surface area (Å²) in [6.07, 6.45) is 4.31. The summed E-state index contributed by atoms with van der Waals surface area (Å²) in [5.41, 5.74) is 0.964. The molecule has 10 heteroatoms. The second-order valence-electron chi connectivity index (χ2n) is 7.67. The summed E-state index contributed by atoms with van der Waals surface area (Å²) >= 11 is 1.13. The summed E-state index contributed by atoms with van der Waals surface area (Å²) < 4.78 is 36.8. The van der Waals surface area contributed by atoms with E-state index in [9.17, 15) is 18.0 Å². The number of fused-ring (bicyclic) bond motifs is 1. The molecule has 0 aliphatic heterocycles. The Labute approximate surface area is 202 Å². The Morgan fingerprint density at radius 3 is 2.44 bits per heavy atom. The van der Waals surface area contributed by atoms with Crippen molar-refractivity contribution in [3.63, 3.8) is 0 Å². The number of unbranched alkanes of at least 4 members (excludes halogenated alkanes) is 2. The van der Waals surface area contributed by atoms with Gasteiger partial charge in [-0.2, -0.15) is 4.99 Å². The van der Waals surface area contributed by atoms with E-state index < -0.39 is 21.7 Å². The molecule has 0 fully saturated rings. The zero-order valence-electron chi connectivity index (χ0n) is 19.4. The predicted octanol–water partition coefficient (Wildman–Crippen LogP) is 3.98. The first kappa shape index (κ1) is 25.6. The molecule has 182 valence electrons. The van der Waals surface area contributed by atoms with Crippen molar-refractivity contribution in [3.05, 3.63) is 52.8 Å². The molecule has 1 heterocycles. The van der Waals surface area contributed by atoms with E-state index in [0.717, 1.165) is 36.9 Å². The molecule has 1 aromatic heterocycles. The molecule has 0 aliphatic rings. The fourth-order valence-corrected chi connectivity index (χ4v) is 5.03. The minimum atomic E-state index is -3.41. The summed E-state index contributed by atoms with van der Waals surface area (Å²) in [5, 5.41) is 0. The van der Waals surface area contributed by atoms with E-state index in [1.165, 1.54) is 12.1 Å². The molecule has 0 unspecified atom stereocenters. The SMILES string of the molecule is CCCCCOc1ccc(C(=O)N=c2sc3cc(S(C)(=O)=O)ccc3n2CC(=O)OCC)cc1. The van der Waals surface area contributed by atoms with Crippen LogP contribution in [0.1, 0.15) is 43.5 Å². The largest absolute Gasteiger partial charge is 0.494 e. The molecule has 0 bridgehead atoms. The zero-order valence-corrected chi connectivity index (χ0v) is 21.1. The number of sulfone groups is 1. The number of nitrogens with zero attached hydrogens (tertiary/aromatic N) is 2. The Hall–Kier alpha value is -2.98. The topological polar surface area (TPSA) is 104 Å². The van der Waals surface area contributed by atoms with E-state index in [1.807, 2.05) is 0 Å². The van der Waals surface area contributed by atoms with Gasteiger partial charge in [0.25, 0.3) is 5.91 Å². The maximum Gasteiger partial charge on any atom is 0.326 e. The number of hydrogen-bond donors (Lipinski definition) is 0. The summed E-state index contributed by atoms with van der Waals surface area (Å²) in [4.78, 5) is 29.7. The zero-order chi connectivity index (χ0) is 24.7. The number of rotatable bonds is 10. The first-order valence-corrected chi connectivity index (χ1v) is 13.7. The number of carbonyl (C=O) groups excluding carboxylic acids is 2. The molecule has 3 aromatic rings. The Kier molecular flexibility index (Phi) is 8.62. The highest BCUT2D eigenvalue weighted by molar-refractivity contribution is 7.90. The lowest BCUT2D eigenvalue weighted by atomic mass is 10.2. The van der Waals surface area contributed by atoms with Gasteiger partial charge in [0.15, 0.2) is 14.6 Å². The minimum Gasteiger partial charge on any atom is -0.494 e. The molecule has 34 heavy (non-hydrogen) atoms. The van der Waals surface area contributed by atoms with Crippen LogP contribution in [-0.4, -0.2) is 44.3 Å². The van der Waals surface area contributed by atoms with Gasteiger partial charge in [-0.05, 0) is 55.8 Å². The Bertz CT molecular complexity index is 1340. The molecule has 0 atom stereocenters. The second kappa shape index (κ2) is 11.4. The van der Waals surface area contributed by atoms with Gasteiger partial charge in [0.05, 0.1) is 28.3 Å². The van der Waals surface area contributed by atoms with Crippen molar-refractivity contribution >= 4 is 43.3 Å². The number of benzene rings is 2. The van der Waals surface area contributed by atoms with Crippen LogP contribution in [0.5, 0.6) is 5.75 Å². The monoisotopic (exact) mass is 504 g/mol. The molecule has 0 aliphatic carbocycles. The Balaban J connectivity index is 1.95. The lowest BCUT2D eigenvalue weighted by Gasteiger charge is -2.06. The van der Waals surface area contributed by atoms with Crippen LogP contribution in [-0.2, 0) is 25.9 Å². The Morgan fingerprint density at radius 2 is 1.79 bits per heavy atom. The number of thiazole rings is 1. The molecule has 0 N–H and O–H groups in total. The minimum absolute atomic E-state index is 0.150. The van der Waals surface area contributed by atoms with Crippen molar-refractivity contribution < 1.29 is 27.5 Å². The molecule has 0 saturated heterocycles. The lowest BCUT2D eigenvalue weighted by Crippen LogP contribution is -2.23. The molecule has 0 radical (unpaired) electrons. The van der Waals surface area contributed by atoms with E-state index in [2.05, 4.69) is 11.9 Å². The van der Waals surface area contributed by atoms with Gasteiger partial charge in [-0.25, -0.2) is 8.42 Å². The summed E-state index contributed by atoms with van der Waals surface area (Å²) in [6, 6.07) is 11.3. The predicted molar refractivity (Wildman–Crippen MR) is 131 cm³/mol. The standard InChI is InChI=1S/C24H28N2O6S2/c1-4-6-7-14-32-18-10-8-17(9-11-18)23(28)25-24-26(16-22(27)31-5-2)20-13-12-19(34(3,29)30)15-21(20)33-24/h8-13,15H,4-7,14,16H2,1-3H3. The van der Waals surface area contributed by atoms with Crippen LogP contribution >= 0.6 is 11.3 Å². The number of esters is 1. The molecule has 0 saturated carbocycles. The Morgan fingerprint density at radius 1 is 1.06 bits per heavy atom. The first-order chi connectivity index (χ1) is 16.2. The van der Waals surface area contributed by atoms with Gasteiger partial charge in [-0.3, -0.25) is 9.59 Å². The number of aromatic nitrogens is 1. The normalized spacial score (nSPS) is 12.1. The fraction of sp³-hybridized carbons (Fsp3) is 0.375. The second-order valence-corrected chi connectivity index (χ2v) is 10.7. The van der Waals surface area contributed by atoms with Gasteiger partial charge in [-0.15, -0.1) is 0 Å². The van der Waals surface area contributed by atoms with Crippen LogP contribution in [0.3, 0.4) is 0 Å². The highest BCUT2D eigenvalue weighted by atomic mass is 32.2. The molecule has 3 rings (SSSR count). The van der Waals surface area contributed by atoms with Crippen LogP contribution in [0.15, 0.2) is 52.4 Å². The van der Waals surface area contributed by atoms with Crippen molar-refractivity contribution in [2.24, 2.45) is 4.99 Å². The third-order valence-corrected chi connectivity index (χ3v) is 7.14. The quantitative estimate of drug-likeness (QED) is 0.306. The molecular formula is C24H28N2O6S2. The van der Waals surface area contributed by atoms with Crippen LogP contribution in [0.2, 0.25) is 0 Å². The van der Waals surface area contributed by atoms with Crippen LogP contribution < -0.4 is 9.54 Å². The smallest absolute Gasteiger partial charge is 0.326 e. The molecule has 2 aromatic carbocycles. The first-order valence-electron chi connectivity index (χ1n) is 11.0. The van der Waals surface area contributed by atoms with Crippen molar-refractivity contribution in [1.82, 2.24) is 4.57 Å². The molecular weight excluding hydrogens is 476 g/mol. The van der Waals surface area contributed by atoms with Crippen molar-refractivity contribution in [2.75, 3.05) is 19.5 Å².